The number of fused-ring (bicyclic) bond motifs is 1. The number of anilines is 1. The Hall–Kier alpha value is -2.62. The Morgan fingerprint density at radius 1 is 1.28 bits per heavy atom. The van der Waals surface area contributed by atoms with Gasteiger partial charge in [0.15, 0.2) is 5.65 Å². The number of hydrogen-bond donors (Lipinski definition) is 1. The minimum Gasteiger partial charge on any atom is -0.355 e. The van der Waals surface area contributed by atoms with Crippen LogP contribution >= 0.6 is 11.3 Å². The fraction of sp³-hybridized carbons (Fsp3) is 0.421. The zero-order chi connectivity index (χ0) is 20.4. The first kappa shape index (κ1) is 19.7. The number of piperidine rings is 1. The van der Waals surface area contributed by atoms with Crippen molar-refractivity contribution in [1.82, 2.24) is 19.9 Å². The summed E-state index contributed by atoms with van der Waals surface area (Å²) in [7, 11) is 0. The minimum atomic E-state index is -4.44. The zero-order valence-electron chi connectivity index (χ0n) is 15.5. The smallest absolute Gasteiger partial charge is 0.355 e. The minimum absolute atomic E-state index is 0.0314. The maximum absolute atomic E-state index is 13.1. The number of pyridine rings is 1. The second kappa shape index (κ2) is 8.02. The molecule has 29 heavy (non-hydrogen) atoms. The number of carbonyl (C=O) groups excluding carboxylic acids is 1. The van der Waals surface area contributed by atoms with Gasteiger partial charge >= 0.3 is 6.18 Å². The first-order valence-electron chi connectivity index (χ1n) is 9.39. The first-order valence-corrected chi connectivity index (χ1v) is 10.3. The quantitative estimate of drug-likeness (QED) is 0.684. The summed E-state index contributed by atoms with van der Waals surface area (Å²) in [6.45, 7) is 1.59. The lowest BCUT2D eigenvalue weighted by Gasteiger charge is -2.32. The number of amides is 1. The normalized spacial score (nSPS) is 17.6. The van der Waals surface area contributed by atoms with Crippen LogP contribution in [-0.2, 0) is 17.4 Å². The van der Waals surface area contributed by atoms with E-state index in [1.165, 1.54) is 15.3 Å². The molecule has 1 fully saturated rings. The van der Waals surface area contributed by atoms with Crippen LogP contribution in [0.2, 0.25) is 0 Å². The highest BCUT2D eigenvalue weighted by atomic mass is 32.1. The second-order valence-corrected chi connectivity index (χ2v) is 8.08. The van der Waals surface area contributed by atoms with Crippen LogP contribution < -0.4 is 10.2 Å². The largest absolute Gasteiger partial charge is 0.417 e. The molecule has 4 heterocycles. The van der Waals surface area contributed by atoms with Crippen LogP contribution in [-0.4, -0.2) is 40.1 Å². The Morgan fingerprint density at radius 3 is 2.90 bits per heavy atom. The van der Waals surface area contributed by atoms with E-state index in [4.69, 9.17) is 0 Å². The van der Waals surface area contributed by atoms with Gasteiger partial charge in [-0.2, -0.15) is 13.2 Å². The monoisotopic (exact) mass is 423 g/mol. The van der Waals surface area contributed by atoms with Gasteiger partial charge in [-0.3, -0.25) is 9.20 Å². The van der Waals surface area contributed by atoms with Crippen molar-refractivity contribution in [3.05, 3.63) is 46.3 Å². The molecule has 1 aliphatic rings. The van der Waals surface area contributed by atoms with Crippen LogP contribution in [0.4, 0.5) is 19.1 Å². The molecule has 10 heteroatoms. The average Bonchev–Trinajstić information content (AvgIpc) is 3.36. The van der Waals surface area contributed by atoms with Crippen LogP contribution in [0.3, 0.4) is 0 Å². The van der Waals surface area contributed by atoms with E-state index in [0.717, 1.165) is 31.5 Å². The van der Waals surface area contributed by atoms with Gasteiger partial charge in [0.1, 0.15) is 0 Å². The summed E-state index contributed by atoms with van der Waals surface area (Å²) < 4.78 is 40.5. The molecule has 1 atom stereocenters. The molecule has 0 aromatic carbocycles. The van der Waals surface area contributed by atoms with E-state index in [2.05, 4.69) is 15.5 Å². The highest BCUT2D eigenvalue weighted by Gasteiger charge is 2.32. The molecule has 0 aliphatic carbocycles. The molecule has 1 amide bonds. The van der Waals surface area contributed by atoms with E-state index < -0.39 is 11.7 Å². The van der Waals surface area contributed by atoms with Gasteiger partial charge < -0.3 is 10.2 Å². The topological polar surface area (TPSA) is 62.5 Å². The molecule has 4 rings (SSSR count). The lowest BCUT2D eigenvalue weighted by atomic mass is 9.97. The first-order chi connectivity index (χ1) is 13.9. The molecule has 0 bridgehead atoms. The zero-order valence-corrected chi connectivity index (χ0v) is 16.3. The van der Waals surface area contributed by atoms with Gasteiger partial charge in [-0.25, -0.2) is 0 Å². The Morgan fingerprint density at radius 2 is 2.14 bits per heavy atom. The number of nitrogens with one attached hydrogen (secondary N) is 1. The summed E-state index contributed by atoms with van der Waals surface area (Å²) in [5, 5.41) is 13.0. The van der Waals surface area contributed by atoms with E-state index in [0.29, 0.717) is 31.2 Å². The SMILES string of the molecule is O=C(NCCc1cccs1)C1CCCN(c2nnc3ccc(C(F)(F)F)cn23)C1. The third kappa shape index (κ3) is 4.36. The molecular weight excluding hydrogens is 403 g/mol. The number of halogens is 3. The van der Waals surface area contributed by atoms with E-state index in [1.54, 1.807) is 11.3 Å². The Bertz CT molecular complexity index is 986. The van der Waals surface area contributed by atoms with Gasteiger partial charge in [-0.05, 0) is 42.8 Å². The number of carbonyl (C=O) groups is 1. The third-order valence-corrected chi connectivity index (χ3v) is 5.97. The molecule has 0 saturated carbocycles. The van der Waals surface area contributed by atoms with Gasteiger partial charge in [-0.15, -0.1) is 21.5 Å². The van der Waals surface area contributed by atoms with Gasteiger partial charge in [0.05, 0.1) is 11.5 Å². The van der Waals surface area contributed by atoms with Crippen LogP contribution in [0.1, 0.15) is 23.3 Å². The summed E-state index contributed by atoms with van der Waals surface area (Å²) in [6.07, 6.45) is -1.14. The highest BCUT2D eigenvalue weighted by molar-refractivity contribution is 7.09. The van der Waals surface area contributed by atoms with Crippen LogP contribution in [0.25, 0.3) is 5.65 Å². The Kier molecular flexibility index (Phi) is 5.44. The van der Waals surface area contributed by atoms with Crippen molar-refractivity contribution in [1.29, 1.82) is 0 Å². The molecule has 1 aliphatic heterocycles. The van der Waals surface area contributed by atoms with Crippen molar-refractivity contribution in [2.45, 2.75) is 25.4 Å². The lowest BCUT2D eigenvalue weighted by Crippen LogP contribution is -2.44. The number of rotatable bonds is 5. The summed E-state index contributed by atoms with van der Waals surface area (Å²) in [5.74, 6) is 0.0727. The number of thiophene rings is 1. The maximum atomic E-state index is 13.1. The lowest BCUT2D eigenvalue weighted by molar-refractivity contribution is -0.137. The molecule has 154 valence electrons. The Balaban J connectivity index is 1.44. The number of alkyl halides is 3. The molecule has 3 aromatic rings. The van der Waals surface area contributed by atoms with Crippen molar-refractivity contribution in [3.63, 3.8) is 0 Å². The molecule has 1 N–H and O–H groups in total. The van der Waals surface area contributed by atoms with Crippen molar-refractivity contribution in [2.75, 3.05) is 24.5 Å². The second-order valence-electron chi connectivity index (χ2n) is 7.05. The van der Waals surface area contributed by atoms with Crippen molar-refractivity contribution in [3.8, 4) is 0 Å². The average molecular weight is 423 g/mol. The molecule has 3 aromatic heterocycles. The summed E-state index contributed by atoms with van der Waals surface area (Å²) in [5.41, 5.74) is -0.415. The summed E-state index contributed by atoms with van der Waals surface area (Å²) in [6, 6.07) is 6.31. The van der Waals surface area contributed by atoms with E-state index in [1.807, 2.05) is 22.4 Å². The highest BCUT2D eigenvalue weighted by Crippen LogP contribution is 2.30. The molecule has 0 radical (unpaired) electrons. The standard InChI is InChI=1S/C19H20F3N5OS/c20-19(21,22)14-5-6-16-24-25-18(27(16)12-14)26-9-1-3-13(11-26)17(28)23-8-7-15-4-2-10-29-15/h2,4-6,10,12-13H,1,3,7-9,11H2,(H,23,28). The van der Waals surface area contributed by atoms with E-state index in [-0.39, 0.29) is 11.8 Å². The molecule has 0 spiro atoms. The molecule has 1 saturated heterocycles. The number of nitrogens with zero attached hydrogens (tertiary/aromatic N) is 4. The van der Waals surface area contributed by atoms with Crippen molar-refractivity contribution in [2.24, 2.45) is 5.92 Å². The summed E-state index contributed by atoms with van der Waals surface area (Å²) >= 11 is 1.66. The van der Waals surface area contributed by atoms with Gasteiger partial charge in [-0.1, -0.05) is 6.07 Å². The van der Waals surface area contributed by atoms with Crippen LogP contribution in [0.5, 0.6) is 0 Å². The number of hydrogen-bond acceptors (Lipinski definition) is 5. The third-order valence-electron chi connectivity index (χ3n) is 5.04. The molecule has 1 unspecified atom stereocenters. The van der Waals surface area contributed by atoms with E-state index in [9.17, 15) is 18.0 Å². The van der Waals surface area contributed by atoms with Crippen LogP contribution in [0, 0.1) is 5.92 Å². The maximum Gasteiger partial charge on any atom is 0.417 e. The van der Waals surface area contributed by atoms with Crippen molar-refractivity contribution < 1.29 is 18.0 Å². The van der Waals surface area contributed by atoms with Gasteiger partial charge in [0.2, 0.25) is 11.9 Å². The molecule has 6 nitrogen and oxygen atoms in total. The van der Waals surface area contributed by atoms with Crippen LogP contribution in [0.15, 0.2) is 35.8 Å². The predicted octanol–water partition coefficient (Wildman–Crippen LogP) is 3.38. The van der Waals surface area contributed by atoms with E-state index >= 15 is 0 Å². The predicted molar refractivity (Wildman–Crippen MR) is 104 cm³/mol. The fourth-order valence-electron chi connectivity index (χ4n) is 3.54. The number of aromatic nitrogens is 3. The van der Waals surface area contributed by atoms with Gasteiger partial charge in [0, 0.05) is 30.7 Å². The fourth-order valence-corrected chi connectivity index (χ4v) is 4.25. The van der Waals surface area contributed by atoms with Crippen molar-refractivity contribution >= 4 is 28.8 Å². The Labute approximate surface area is 169 Å². The van der Waals surface area contributed by atoms with Gasteiger partial charge in [0.25, 0.3) is 0 Å². The molecular formula is C19H20F3N5OS. The summed E-state index contributed by atoms with van der Waals surface area (Å²) in [4.78, 5) is 15.6.